The van der Waals surface area contributed by atoms with E-state index in [1.165, 1.54) is 16.7 Å². The molecule has 0 aromatic carbocycles. The molecule has 21 heavy (non-hydrogen) atoms. The molecule has 1 rings (SSSR count). The standard InChI is InChI=1S/C14H26N4O2S/c1-6-15-14-16-7-13(8-17-14)21(19,20)18(9-11(2)3)10-12(4)5/h7-8,11-12H,6,9-10H2,1-5H3,(H,15,16,17). The molecular weight excluding hydrogens is 288 g/mol. The minimum atomic E-state index is -3.54. The Morgan fingerprint density at radius 3 is 1.95 bits per heavy atom. The van der Waals surface area contributed by atoms with Crippen LogP contribution < -0.4 is 5.32 Å². The summed E-state index contributed by atoms with van der Waals surface area (Å²) in [6.07, 6.45) is 2.74. The molecule has 0 saturated carbocycles. The number of aromatic nitrogens is 2. The van der Waals surface area contributed by atoms with Crippen LogP contribution in [0.2, 0.25) is 0 Å². The van der Waals surface area contributed by atoms with Gasteiger partial charge in [-0.1, -0.05) is 27.7 Å². The third-order valence-electron chi connectivity index (χ3n) is 2.74. The van der Waals surface area contributed by atoms with Crippen LogP contribution in [0.25, 0.3) is 0 Å². The molecule has 7 heteroatoms. The first-order valence-corrected chi connectivity index (χ1v) is 8.77. The maximum absolute atomic E-state index is 12.7. The highest BCUT2D eigenvalue weighted by atomic mass is 32.2. The number of rotatable bonds is 8. The van der Waals surface area contributed by atoms with Crippen molar-refractivity contribution in [2.75, 3.05) is 25.0 Å². The molecule has 0 aliphatic rings. The van der Waals surface area contributed by atoms with Crippen LogP contribution in [0.4, 0.5) is 5.95 Å². The lowest BCUT2D eigenvalue weighted by molar-refractivity contribution is 0.333. The highest BCUT2D eigenvalue weighted by Gasteiger charge is 2.26. The molecule has 1 heterocycles. The molecule has 1 N–H and O–H groups in total. The molecule has 0 bridgehead atoms. The van der Waals surface area contributed by atoms with Crippen molar-refractivity contribution in [2.24, 2.45) is 11.8 Å². The Bertz CT molecular complexity index is 516. The smallest absolute Gasteiger partial charge is 0.246 e. The Morgan fingerprint density at radius 1 is 1.10 bits per heavy atom. The van der Waals surface area contributed by atoms with Crippen molar-refractivity contribution < 1.29 is 8.42 Å². The number of nitrogens with one attached hydrogen (secondary N) is 1. The van der Waals surface area contributed by atoms with Gasteiger partial charge in [0.1, 0.15) is 4.90 Å². The molecule has 1 aromatic rings. The van der Waals surface area contributed by atoms with Gasteiger partial charge in [0.25, 0.3) is 0 Å². The molecule has 0 spiro atoms. The summed E-state index contributed by atoms with van der Waals surface area (Å²) >= 11 is 0. The van der Waals surface area contributed by atoms with E-state index < -0.39 is 10.0 Å². The summed E-state index contributed by atoms with van der Waals surface area (Å²) in [5.41, 5.74) is 0. The highest BCUT2D eigenvalue weighted by Crippen LogP contribution is 2.18. The molecule has 0 aliphatic carbocycles. The normalized spacial score (nSPS) is 12.4. The Kier molecular flexibility index (Phi) is 6.54. The Balaban J connectivity index is 3.03. The summed E-state index contributed by atoms with van der Waals surface area (Å²) in [5, 5.41) is 2.95. The minimum Gasteiger partial charge on any atom is -0.355 e. The summed E-state index contributed by atoms with van der Waals surface area (Å²) in [6, 6.07) is 0. The van der Waals surface area contributed by atoms with Gasteiger partial charge in [0, 0.05) is 19.6 Å². The Labute approximate surface area is 128 Å². The summed E-state index contributed by atoms with van der Waals surface area (Å²) in [7, 11) is -3.54. The molecule has 0 unspecified atom stereocenters. The number of hydrogen-bond donors (Lipinski definition) is 1. The summed E-state index contributed by atoms with van der Waals surface area (Å²) in [6.45, 7) is 11.6. The van der Waals surface area contributed by atoms with Gasteiger partial charge in [-0.2, -0.15) is 4.31 Å². The second-order valence-corrected chi connectivity index (χ2v) is 7.82. The second kappa shape index (κ2) is 7.70. The van der Waals surface area contributed by atoms with Gasteiger partial charge in [-0.15, -0.1) is 0 Å². The fourth-order valence-electron chi connectivity index (χ4n) is 1.93. The van der Waals surface area contributed by atoms with Crippen molar-refractivity contribution >= 4 is 16.0 Å². The Morgan fingerprint density at radius 2 is 1.57 bits per heavy atom. The van der Waals surface area contributed by atoms with E-state index >= 15 is 0 Å². The third kappa shape index (κ3) is 5.24. The van der Waals surface area contributed by atoms with Crippen LogP contribution in [-0.4, -0.2) is 42.3 Å². The molecule has 6 nitrogen and oxygen atoms in total. The average Bonchev–Trinajstić information content (AvgIpc) is 2.38. The van der Waals surface area contributed by atoms with E-state index in [1.807, 2.05) is 34.6 Å². The van der Waals surface area contributed by atoms with E-state index in [1.54, 1.807) is 0 Å². The number of hydrogen-bond acceptors (Lipinski definition) is 5. The molecule has 0 saturated heterocycles. The monoisotopic (exact) mass is 314 g/mol. The predicted molar refractivity (Wildman–Crippen MR) is 84.6 cm³/mol. The van der Waals surface area contributed by atoms with Gasteiger partial charge >= 0.3 is 0 Å². The minimum absolute atomic E-state index is 0.144. The van der Waals surface area contributed by atoms with Crippen molar-refractivity contribution in [1.82, 2.24) is 14.3 Å². The van der Waals surface area contributed by atoms with E-state index in [-0.39, 0.29) is 16.7 Å². The van der Waals surface area contributed by atoms with Gasteiger partial charge in [-0.3, -0.25) is 0 Å². The van der Waals surface area contributed by atoms with Crippen LogP contribution >= 0.6 is 0 Å². The fourth-order valence-corrected chi connectivity index (χ4v) is 3.59. The first-order chi connectivity index (χ1) is 9.77. The molecule has 120 valence electrons. The van der Waals surface area contributed by atoms with Gasteiger partial charge in [0.05, 0.1) is 12.4 Å². The van der Waals surface area contributed by atoms with E-state index in [4.69, 9.17) is 0 Å². The van der Waals surface area contributed by atoms with Gasteiger partial charge in [0.15, 0.2) is 0 Å². The molecule has 1 aromatic heterocycles. The lowest BCUT2D eigenvalue weighted by atomic mass is 10.2. The van der Waals surface area contributed by atoms with Crippen LogP contribution in [0, 0.1) is 11.8 Å². The molecule has 0 atom stereocenters. The zero-order valence-electron chi connectivity index (χ0n) is 13.5. The van der Waals surface area contributed by atoms with Crippen molar-refractivity contribution in [3.8, 4) is 0 Å². The summed E-state index contributed by atoms with van der Waals surface area (Å²) < 4.78 is 26.9. The van der Waals surface area contributed by atoms with Gasteiger partial charge in [-0.05, 0) is 18.8 Å². The maximum atomic E-state index is 12.7. The van der Waals surface area contributed by atoms with E-state index in [9.17, 15) is 8.42 Å². The van der Waals surface area contributed by atoms with Gasteiger partial charge in [-0.25, -0.2) is 18.4 Å². The Hall–Kier alpha value is -1.21. The van der Waals surface area contributed by atoms with Crippen LogP contribution in [0.5, 0.6) is 0 Å². The fraction of sp³-hybridized carbons (Fsp3) is 0.714. The quantitative estimate of drug-likeness (QED) is 0.796. The lowest BCUT2D eigenvalue weighted by Gasteiger charge is -2.25. The molecule has 0 radical (unpaired) electrons. The first kappa shape index (κ1) is 17.8. The van der Waals surface area contributed by atoms with Gasteiger partial charge < -0.3 is 5.32 Å². The first-order valence-electron chi connectivity index (χ1n) is 7.33. The average molecular weight is 314 g/mol. The zero-order chi connectivity index (χ0) is 16.0. The molecule has 0 fully saturated rings. The van der Waals surface area contributed by atoms with Gasteiger partial charge in [0.2, 0.25) is 16.0 Å². The second-order valence-electron chi connectivity index (χ2n) is 5.88. The van der Waals surface area contributed by atoms with Crippen LogP contribution in [0.15, 0.2) is 17.3 Å². The van der Waals surface area contributed by atoms with Crippen LogP contribution in [0.3, 0.4) is 0 Å². The SMILES string of the molecule is CCNc1ncc(S(=O)(=O)N(CC(C)C)CC(C)C)cn1. The zero-order valence-corrected chi connectivity index (χ0v) is 14.3. The summed E-state index contributed by atoms with van der Waals surface area (Å²) in [5.74, 6) is 0.969. The van der Waals surface area contributed by atoms with Crippen molar-refractivity contribution in [3.63, 3.8) is 0 Å². The van der Waals surface area contributed by atoms with E-state index in [2.05, 4.69) is 15.3 Å². The maximum Gasteiger partial charge on any atom is 0.246 e. The van der Waals surface area contributed by atoms with E-state index in [0.717, 1.165) is 0 Å². The molecular formula is C14H26N4O2S. The number of nitrogens with zero attached hydrogens (tertiary/aromatic N) is 3. The van der Waals surface area contributed by atoms with E-state index in [0.29, 0.717) is 25.6 Å². The molecule has 0 aliphatic heterocycles. The van der Waals surface area contributed by atoms with Crippen molar-refractivity contribution in [3.05, 3.63) is 12.4 Å². The highest BCUT2D eigenvalue weighted by molar-refractivity contribution is 7.89. The molecule has 0 amide bonds. The van der Waals surface area contributed by atoms with Crippen molar-refractivity contribution in [1.29, 1.82) is 0 Å². The topological polar surface area (TPSA) is 75.2 Å². The van der Waals surface area contributed by atoms with Crippen LogP contribution in [0.1, 0.15) is 34.6 Å². The largest absolute Gasteiger partial charge is 0.355 e. The summed E-state index contributed by atoms with van der Waals surface area (Å²) in [4.78, 5) is 8.24. The van der Waals surface area contributed by atoms with Crippen molar-refractivity contribution in [2.45, 2.75) is 39.5 Å². The lowest BCUT2D eigenvalue weighted by Crippen LogP contribution is -2.37. The number of sulfonamides is 1. The third-order valence-corrected chi connectivity index (χ3v) is 4.52. The predicted octanol–water partition coefficient (Wildman–Crippen LogP) is 2.21. The number of anilines is 1. The van der Waals surface area contributed by atoms with Crippen LogP contribution in [-0.2, 0) is 10.0 Å².